The van der Waals surface area contributed by atoms with Crippen LogP contribution in [0.5, 0.6) is 0 Å². The van der Waals surface area contributed by atoms with Gasteiger partial charge in [0.05, 0.1) is 22.7 Å². The summed E-state index contributed by atoms with van der Waals surface area (Å²) in [6.07, 6.45) is 4.20. The topological polar surface area (TPSA) is 62.7 Å². The van der Waals surface area contributed by atoms with E-state index in [9.17, 15) is 0 Å². The molecule has 0 aliphatic rings. The van der Waals surface area contributed by atoms with Crippen molar-refractivity contribution in [3.05, 3.63) is 29.8 Å². The predicted molar refractivity (Wildman–Crippen MR) is 63.3 cm³/mol. The van der Waals surface area contributed by atoms with E-state index < -0.39 is 0 Å². The third kappa shape index (κ3) is 2.14. The molecule has 1 aromatic carbocycles. The first-order valence-corrected chi connectivity index (χ1v) is 5.31. The van der Waals surface area contributed by atoms with E-state index in [1.807, 2.05) is 30.4 Å². The van der Waals surface area contributed by atoms with E-state index in [1.165, 1.54) is 11.3 Å². The number of nitriles is 1. The first kappa shape index (κ1) is 9.69. The lowest BCUT2D eigenvalue weighted by Crippen LogP contribution is -1.78. The fraction of sp³-hybridized carbons (Fsp3) is 0.0909. The molecule has 4 heteroatoms. The molecule has 0 atom stereocenters. The Bertz CT molecular complexity index is 548. The molecule has 74 valence electrons. The molecule has 0 saturated carbocycles. The third-order valence-electron chi connectivity index (χ3n) is 1.95. The van der Waals surface area contributed by atoms with Gasteiger partial charge in [-0.25, -0.2) is 4.98 Å². The van der Waals surface area contributed by atoms with Gasteiger partial charge < -0.3 is 5.73 Å². The van der Waals surface area contributed by atoms with Gasteiger partial charge in [-0.3, -0.25) is 0 Å². The average molecular weight is 215 g/mol. The lowest BCUT2D eigenvalue weighted by Gasteiger charge is -1.91. The summed E-state index contributed by atoms with van der Waals surface area (Å²) in [5.74, 6) is 0. The van der Waals surface area contributed by atoms with Crippen LogP contribution in [0, 0.1) is 11.3 Å². The van der Waals surface area contributed by atoms with Crippen LogP contribution in [0.25, 0.3) is 16.3 Å². The van der Waals surface area contributed by atoms with E-state index in [1.54, 1.807) is 0 Å². The third-order valence-corrected chi connectivity index (χ3v) is 2.80. The summed E-state index contributed by atoms with van der Waals surface area (Å²) in [6, 6.07) is 7.99. The number of nitrogen functional groups attached to an aromatic ring is 1. The predicted octanol–water partition coefficient (Wildman–Crippen LogP) is 2.81. The zero-order valence-corrected chi connectivity index (χ0v) is 8.79. The van der Waals surface area contributed by atoms with Gasteiger partial charge in [0.25, 0.3) is 0 Å². The Labute approximate surface area is 91.5 Å². The van der Waals surface area contributed by atoms with Crippen LogP contribution in [0.3, 0.4) is 0 Å². The van der Waals surface area contributed by atoms with Gasteiger partial charge in [0.2, 0.25) is 0 Å². The van der Waals surface area contributed by atoms with Gasteiger partial charge in [0.15, 0.2) is 5.13 Å². The molecule has 3 nitrogen and oxygen atoms in total. The molecular weight excluding hydrogens is 206 g/mol. The number of benzene rings is 1. The number of hydrogen-bond acceptors (Lipinski definition) is 4. The smallest absolute Gasteiger partial charge is 0.181 e. The van der Waals surface area contributed by atoms with Gasteiger partial charge in [-0.15, -0.1) is 0 Å². The fourth-order valence-electron chi connectivity index (χ4n) is 1.31. The number of rotatable bonds is 2. The molecule has 2 rings (SSSR count). The van der Waals surface area contributed by atoms with Crippen molar-refractivity contribution in [2.75, 3.05) is 5.73 Å². The summed E-state index contributed by atoms with van der Waals surface area (Å²) in [4.78, 5) is 4.17. The lowest BCUT2D eigenvalue weighted by atomic mass is 10.2. The van der Waals surface area contributed by atoms with Crippen molar-refractivity contribution < 1.29 is 0 Å². The highest BCUT2D eigenvalue weighted by Crippen LogP contribution is 2.24. The van der Waals surface area contributed by atoms with Crippen molar-refractivity contribution in [3.8, 4) is 6.07 Å². The van der Waals surface area contributed by atoms with Gasteiger partial charge in [0.1, 0.15) is 0 Å². The molecule has 2 aromatic rings. The molecule has 1 aromatic heterocycles. The van der Waals surface area contributed by atoms with Crippen LogP contribution < -0.4 is 5.73 Å². The van der Waals surface area contributed by atoms with E-state index in [-0.39, 0.29) is 0 Å². The highest BCUT2D eigenvalue weighted by molar-refractivity contribution is 7.22. The second-order valence-electron chi connectivity index (χ2n) is 3.04. The zero-order chi connectivity index (χ0) is 10.7. The summed E-state index contributed by atoms with van der Waals surface area (Å²) in [6.45, 7) is 0. The largest absolute Gasteiger partial charge is 0.375 e. The Kier molecular flexibility index (Phi) is 2.66. The van der Waals surface area contributed by atoms with Crippen molar-refractivity contribution in [1.82, 2.24) is 4.98 Å². The molecule has 0 fully saturated rings. The SMILES string of the molecule is N#CCC=Cc1ccc2nc(N)sc2c1. The van der Waals surface area contributed by atoms with Crippen LogP contribution in [0.15, 0.2) is 24.3 Å². The molecule has 2 N–H and O–H groups in total. The normalized spacial score (nSPS) is 10.9. The summed E-state index contributed by atoms with van der Waals surface area (Å²) in [7, 11) is 0. The minimum absolute atomic E-state index is 0.433. The van der Waals surface area contributed by atoms with Gasteiger partial charge >= 0.3 is 0 Å². The Morgan fingerprint density at radius 1 is 1.53 bits per heavy atom. The number of allylic oxidation sites excluding steroid dienone is 1. The van der Waals surface area contributed by atoms with Crippen molar-refractivity contribution in [3.63, 3.8) is 0 Å². The van der Waals surface area contributed by atoms with E-state index in [2.05, 4.69) is 11.1 Å². The molecule has 0 aliphatic heterocycles. The molecule has 0 radical (unpaired) electrons. The second kappa shape index (κ2) is 4.11. The molecule has 15 heavy (non-hydrogen) atoms. The van der Waals surface area contributed by atoms with Crippen LogP contribution >= 0.6 is 11.3 Å². The van der Waals surface area contributed by atoms with Gasteiger partial charge in [0, 0.05) is 0 Å². The van der Waals surface area contributed by atoms with Crippen molar-refractivity contribution >= 4 is 32.8 Å². The number of nitrogens with two attached hydrogens (primary N) is 1. The minimum Gasteiger partial charge on any atom is -0.375 e. The first-order chi connectivity index (χ1) is 7.29. The molecule has 0 amide bonds. The number of hydrogen-bond donors (Lipinski definition) is 1. The van der Waals surface area contributed by atoms with Crippen LogP contribution in [0.4, 0.5) is 5.13 Å². The van der Waals surface area contributed by atoms with Crippen LogP contribution in [0.2, 0.25) is 0 Å². The Hall–Kier alpha value is -1.86. The van der Waals surface area contributed by atoms with E-state index in [0.717, 1.165) is 15.8 Å². The number of fused-ring (bicyclic) bond motifs is 1. The Morgan fingerprint density at radius 3 is 3.20 bits per heavy atom. The summed E-state index contributed by atoms with van der Waals surface area (Å²) >= 11 is 1.47. The quantitative estimate of drug-likeness (QED) is 0.837. The maximum atomic E-state index is 8.39. The molecule has 0 unspecified atom stereocenters. The maximum Gasteiger partial charge on any atom is 0.181 e. The van der Waals surface area contributed by atoms with Crippen molar-refractivity contribution in [1.29, 1.82) is 5.26 Å². The monoisotopic (exact) mass is 215 g/mol. The highest BCUT2D eigenvalue weighted by atomic mass is 32.1. The molecule has 0 aliphatic carbocycles. The molecule has 0 saturated heterocycles. The van der Waals surface area contributed by atoms with E-state index >= 15 is 0 Å². The Balaban J connectivity index is 2.34. The van der Waals surface area contributed by atoms with E-state index in [4.69, 9.17) is 11.0 Å². The zero-order valence-electron chi connectivity index (χ0n) is 7.97. The Morgan fingerprint density at radius 2 is 2.40 bits per heavy atom. The van der Waals surface area contributed by atoms with Crippen LogP contribution in [-0.2, 0) is 0 Å². The molecule has 1 heterocycles. The molecule has 0 spiro atoms. The average Bonchev–Trinajstić information content (AvgIpc) is 2.57. The van der Waals surface area contributed by atoms with Crippen LogP contribution in [-0.4, -0.2) is 4.98 Å². The first-order valence-electron chi connectivity index (χ1n) is 4.49. The van der Waals surface area contributed by atoms with Crippen molar-refractivity contribution in [2.45, 2.75) is 6.42 Å². The highest BCUT2D eigenvalue weighted by Gasteiger charge is 1.99. The minimum atomic E-state index is 0.433. The summed E-state index contributed by atoms with van der Waals surface area (Å²) in [5.41, 5.74) is 7.61. The van der Waals surface area contributed by atoms with Gasteiger partial charge in [-0.2, -0.15) is 5.26 Å². The fourth-order valence-corrected chi connectivity index (χ4v) is 2.09. The lowest BCUT2D eigenvalue weighted by molar-refractivity contribution is 1.36. The maximum absolute atomic E-state index is 8.39. The van der Waals surface area contributed by atoms with Crippen molar-refractivity contribution in [2.24, 2.45) is 0 Å². The standard InChI is InChI=1S/C11H9N3S/c12-6-2-1-3-8-4-5-9-10(7-8)15-11(13)14-9/h1,3-5,7H,2H2,(H2,13,14). The molecular formula is C11H9N3S. The summed E-state index contributed by atoms with van der Waals surface area (Å²) < 4.78 is 1.08. The van der Waals surface area contributed by atoms with Gasteiger partial charge in [-0.05, 0) is 17.7 Å². The summed E-state index contributed by atoms with van der Waals surface area (Å²) in [5, 5.41) is 8.98. The molecule has 0 bridgehead atoms. The van der Waals surface area contributed by atoms with Gasteiger partial charge in [-0.1, -0.05) is 29.6 Å². The number of anilines is 1. The number of thiazole rings is 1. The number of aromatic nitrogens is 1. The number of nitrogens with zero attached hydrogens (tertiary/aromatic N) is 2. The van der Waals surface area contributed by atoms with E-state index in [0.29, 0.717) is 11.6 Å². The van der Waals surface area contributed by atoms with Crippen LogP contribution in [0.1, 0.15) is 12.0 Å². The second-order valence-corrected chi connectivity index (χ2v) is 4.11.